The number of nitrogens with one attached hydrogen (secondary N) is 1. The second kappa shape index (κ2) is 8.38. The number of nitro groups is 2. The second-order valence-electron chi connectivity index (χ2n) is 8.65. The van der Waals surface area contributed by atoms with Crippen molar-refractivity contribution in [2.75, 3.05) is 5.32 Å². The van der Waals surface area contributed by atoms with Gasteiger partial charge in [0.05, 0.1) is 32.6 Å². The lowest BCUT2D eigenvalue weighted by molar-refractivity contribution is -0.393. The molecule has 0 amide bonds. The van der Waals surface area contributed by atoms with Crippen molar-refractivity contribution in [2.45, 2.75) is 6.92 Å². The standard InChI is InChI=1S/C27H18N6O4/c1-16-6-8-17(9-7-16)26-20-4-2-3-5-21(20)27-29-23-14-18(10-13-24(23)31(27)30-26)28-22-12-11-19(32(34)35)15-25(22)33(36)37/h2-15,28H,1H3. The van der Waals surface area contributed by atoms with Crippen molar-refractivity contribution < 1.29 is 9.85 Å². The number of hydrogen-bond acceptors (Lipinski definition) is 7. The van der Waals surface area contributed by atoms with Gasteiger partial charge in [0.15, 0.2) is 5.65 Å². The topological polar surface area (TPSA) is 128 Å². The van der Waals surface area contributed by atoms with Gasteiger partial charge in [-0.1, -0.05) is 54.1 Å². The van der Waals surface area contributed by atoms with Gasteiger partial charge in [0.25, 0.3) is 11.4 Å². The summed E-state index contributed by atoms with van der Waals surface area (Å²) in [6.45, 7) is 2.04. The number of anilines is 2. The van der Waals surface area contributed by atoms with Crippen LogP contribution in [0.5, 0.6) is 0 Å². The van der Waals surface area contributed by atoms with Crippen molar-refractivity contribution in [1.82, 2.24) is 14.6 Å². The van der Waals surface area contributed by atoms with E-state index in [1.54, 1.807) is 12.1 Å². The van der Waals surface area contributed by atoms with Crippen LogP contribution in [0, 0.1) is 27.2 Å². The van der Waals surface area contributed by atoms with Crippen LogP contribution in [-0.2, 0) is 0 Å². The van der Waals surface area contributed by atoms with Crippen molar-refractivity contribution in [1.29, 1.82) is 0 Å². The third-order valence-corrected chi connectivity index (χ3v) is 6.25. The van der Waals surface area contributed by atoms with Crippen LogP contribution in [-0.4, -0.2) is 24.4 Å². The molecule has 0 aliphatic heterocycles. The molecule has 0 saturated heterocycles. The summed E-state index contributed by atoms with van der Waals surface area (Å²) in [5, 5.41) is 32.5. The average molecular weight is 490 g/mol. The summed E-state index contributed by atoms with van der Waals surface area (Å²) < 4.78 is 1.81. The van der Waals surface area contributed by atoms with Gasteiger partial charge in [-0.2, -0.15) is 5.10 Å². The summed E-state index contributed by atoms with van der Waals surface area (Å²) in [4.78, 5) is 26.1. The molecule has 2 heterocycles. The van der Waals surface area contributed by atoms with E-state index in [4.69, 9.17) is 10.1 Å². The minimum atomic E-state index is -0.665. The summed E-state index contributed by atoms with van der Waals surface area (Å²) in [6, 6.07) is 25.0. The van der Waals surface area contributed by atoms with E-state index in [0.717, 1.165) is 39.2 Å². The Morgan fingerprint density at radius 1 is 0.838 bits per heavy atom. The van der Waals surface area contributed by atoms with Crippen LogP contribution in [0.1, 0.15) is 5.56 Å². The molecule has 2 aromatic heterocycles. The van der Waals surface area contributed by atoms with Gasteiger partial charge in [0.1, 0.15) is 5.69 Å². The molecule has 0 spiro atoms. The summed E-state index contributed by atoms with van der Waals surface area (Å²) in [5.74, 6) is 0. The van der Waals surface area contributed by atoms with E-state index in [1.165, 1.54) is 12.1 Å². The summed E-state index contributed by atoms with van der Waals surface area (Å²) >= 11 is 0. The maximum Gasteiger partial charge on any atom is 0.299 e. The number of nitrogens with zero attached hydrogens (tertiary/aromatic N) is 5. The van der Waals surface area contributed by atoms with Crippen LogP contribution in [0.25, 0.3) is 38.7 Å². The highest BCUT2D eigenvalue weighted by atomic mass is 16.6. The maximum atomic E-state index is 11.5. The number of nitro benzene ring substituents is 2. The highest BCUT2D eigenvalue weighted by Gasteiger charge is 2.20. The molecule has 0 aliphatic carbocycles. The zero-order chi connectivity index (χ0) is 25.7. The van der Waals surface area contributed by atoms with Gasteiger partial charge in [0.2, 0.25) is 0 Å². The normalized spacial score (nSPS) is 11.3. The van der Waals surface area contributed by atoms with Gasteiger partial charge in [-0.3, -0.25) is 20.2 Å². The monoisotopic (exact) mass is 490 g/mol. The van der Waals surface area contributed by atoms with Gasteiger partial charge in [0, 0.05) is 28.1 Å². The lowest BCUT2D eigenvalue weighted by atomic mass is 10.0. The fourth-order valence-electron chi connectivity index (χ4n) is 4.43. The Morgan fingerprint density at radius 3 is 2.32 bits per heavy atom. The Balaban J connectivity index is 1.49. The van der Waals surface area contributed by atoms with E-state index >= 15 is 0 Å². The first-order valence-electron chi connectivity index (χ1n) is 11.4. The molecule has 0 fully saturated rings. The molecule has 0 aliphatic rings. The Kier molecular flexibility index (Phi) is 5.01. The Morgan fingerprint density at radius 2 is 1.59 bits per heavy atom. The molecular formula is C27H18N6O4. The van der Waals surface area contributed by atoms with Gasteiger partial charge in [-0.15, -0.1) is 0 Å². The highest BCUT2D eigenvalue weighted by molar-refractivity contribution is 6.04. The first-order valence-corrected chi connectivity index (χ1v) is 11.4. The van der Waals surface area contributed by atoms with Crippen molar-refractivity contribution in [3.05, 3.63) is 111 Å². The van der Waals surface area contributed by atoms with Crippen LogP contribution >= 0.6 is 0 Å². The van der Waals surface area contributed by atoms with E-state index in [0.29, 0.717) is 16.9 Å². The first kappa shape index (κ1) is 22.1. The maximum absolute atomic E-state index is 11.5. The first-order chi connectivity index (χ1) is 17.9. The van der Waals surface area contributed by atoms with Crippen molar-refractivity contribution in [3.63, 3.8) is 0 Å². The zero-order valence-electron chi connectivity index (χ0n) is 19.5. The third-order valence-electron chi connectivity index (χ3n) is 6.25. The molecular weight excluding hydrogens is 472 g/mol. The molecule has 1 N–H and O–H groups in total. The molecule has 0 saturated carbocycles. The largest absolute Gasteiger partial charge is 0.350 e. The second-order valence-corrected chi connectivity index (χ2v) is 8.65. The number of rotatable bonds is 5. The van der Waals surface area contributed by atoms with Crippen molar-refractivity contribution in [2.24, 2.45) is 0 Å². The SMILES string of the molecule is Cc1ccc(-c2nn3c4ccc(Nc5ccc([N+](=O)[O-])cc5[N+](=O)[O-])cc4nc3c3ccccc23)cc1. The number of aryl methyl sites for hydroxylation is 1. The molecule has 10 heteroatoms. The predicted molar refractivity (Wildman–Crippen MR) is 141 cm³/mol. The minimum absolute atomic E-state index is 0.143. The molecule has 37 heavy (non-hydrogen) atoms. The summed E-state index contributed by atoms with van der Waals surface area (Å²) in [5.41, 5.74) is 5.07. The fourth-order valence-corrected chi connectivity index (χ4v) is 4.43. The Bertz CT molecular complexity index is 1880. The number of imidazole rings is 1. The van der Waals surface area contributed by atoms with Gasteiger partial charge < -0.3 is 5.32 Å². The van der Waals surface area contributed by atoms with Crippen LogP contribution < -0.4 is 5.32 Å². The molecule has 180 valence electrons. The van der Waals surface area contributed by atoms with E-state index in [1.807, 2.05) is 53.9 Å². The van der Waals surface area contributed by atoms with Crippen molar-refractivity contribution in [3.8, 4) is 11.3 Å². The minimum Gasteiger partial charge on any atom is -0.350 e. The molecule has 10 nitrogen and oxygen atoms in total. The smallest absolute Gasteiger partial charge is 0.299 e. The van der Waals surface area contributed by atoms with Gasteiger partial charge in [-0.05, 0) is 31.2 Å². The molecule has 4 aromatic carbocycles. The average Bonchev–Trinajstić information content (AvgIpc) is 3.26. The van der Waals surface area contributed by atoms with Crippen LogP contribution in [0.4, 0.5) is 22.7 Å². The number of non-ortho nitro benzene ring substituents is 1. The quantitative estimate of drug-likeness (QED) is 0.214. The van der Waals surface area contributed by atoms with Gasteiger partial charge >= 0.3 is 0 Å². The van der Waals surface area contributed by atoms with Gasteiger partial charge in [-0.25, -0.2) is 9.50 Å². The lowest BCUT2D eigenvalue weighted by Gasteiger charge is -2.09. The number of fused-ring (bicyclic) bond motifs is 5. The molecule has 0 atom stereocenters. The molecule has 0 bridgehead atoms. The Hall–Kier alpha value is -5.38. The van der Waals surface area contributed by atoms with E-state index in [9.17, 15) is 20.2 Å². The van der Waals surface area contributed by atoms with Crippen LogP contribution in [0.2, 0.25) is 0 Å². The molecule has 0 unspecified atom stereocenters. The van der Waals surface area contributed by atoms with E-state index < -0.39 is 9.85 Å². The van der Waals surface area contributed by atoms with Crippen LogP contribution in [0.3, 0.4) is 0 Å². The molecule has 6 rings (SSSR count). The molecule has 0 radical (unpaired) electrons. The predicted octanol–water partition coefficient (Wildman–Crippen LogP) is 6.57. The third kappa shape index (κ3) is 3.76. The summed E-state index contributed by atoms with van der Waals surface area (Å²) in [6.07, 6.45) is 0. The fraction of sp³-hybridized carbons (Fsp3) is 0.0370. The molecule has 6 aromatic rings. The van der Waals surface area contributed by atoms with E-state index in [-0.39, 0.29) is 17.1 Å². The number of hydrogen-bond donors (Lipinski definition) is 1. The summed E-state index contributed by atoms with van der Waals surface area (Å²) in [7, 11) is 0. The zero-order valence-corrected chi connectivity index (χ0v) is 19.5. The van der Waals surface area contributed by atoms with E-state index in [2.05, 4.69) is 17.4 Å². The highest BCUT2D eigenvalue weighted by Crippen LogP contribution is 2.34. The lowest BCUT2D eigenvalue weighted by Crippen LogP contribution is -1.99. The van der Waals surface area contributed by atoms with Crippen molar-refractivity contribution >= 4 is 50.2 Å². The number of aromatic nitrogens is 3. The van der Waals surface area contributed by atoms with Crippen LogP contribution in [0.15, 0.2) is 84.9 Å². The Labute approximate surface area is 209 Å². The number of benzene rings is 4.